The molecule has 2 saturated carbocycles. The van der Waals surface area contributed by atoms with Gasteiger partial charge in [0.05, 0.1) is 12.4 Å². The second-order valence-electron chi connectivity index (χ2n) is 8.38. The number of hydrogen-bond donors (Lipinski definition) is 1. The third-order valence-corrected chi connectivity index (χ3v) is 6.75. The number of guanidine groups is 1. The van der Waals surface area contributed by atoms with Crippen molar-refractivity contribution in [2.24, 2.45) is 22.7 Å². The number of nitrogens with one attached hydrogen (secondary N) is 1. The monoisotopic (exact) mass is 343 g/mol. The Bertz CT molecular complexity index is 575. The highest BCUT2D eigenvalue weighted by atomic mass is 15.3. The van der Waals surface area contributed by atoms with Crippen LogP contribution >= 0.6 is 0 Å². The minimum atomic E-state index is 0.489. The van der Waals surface area contributed by atoms with Crippen LogP contribution in [0.4, 0.5) is 0 Å². The van der Waals surface area contributed by atoms with E-state index in [0.29, 0.717) is 18.0 Å². The Labute approximate surface area is 151 Å². The molecule has 3 aliphatic rings. The van der Waals surface area contributed by atoms with Gasteiger partial charge in [-0.2, -0.15) is 0 Å². The first kappa shape index (κ1) is 16.9. The number of imidazole rings is 1. The van der Waals surface area contributed by atoms with E-state index in [0.717, 1.165) is 30.9 Å². The van der Waals surface area contributed by atoms with Crippen molar-refractivity contribution in [3.63, 3.8) is 0 Å². The summed E-state index contributed by atoms with van der Waals surface area (Å²) < 4.78 is 2.27. The summed E-state index contributed by atoms with van der Waals surface area (Å²) in [6.07, 6.45) is 15.7. The molecule has 1 aliphatic heterocycles. The maximum absolute atomic E-state index is 4.62. The summed E-state index contributed by atoms with van der Waals surface area (Å²) in [5, 5.41) is 3.79. The van der Waals surface area contributed by atoms with Crippen molar-refractivity contribution in [2.75, 3.05) is 20.1 Å². The van der Waals surface area contributed by atoms with Gasteiger partial charge in [0, 0.05) is 38.6 Å². The Morgan fingerprint density at radius 1 is 1.20 bits per heavy atom. The van der Waals surface area contributed by atoms with Gasteiger partial charge in [-0.05, 0) is 30.6 Å². The first-order chi connectivity index (χ1) is 12.3. The lowest BCUT2D eigenvalue weighted by Gasteiger charge is -2.39. The molecule has 1 aromatic heterocycles. The Balaban J connectivity index is 1.35. The average Bonchev–Trinajstić information content (AvgIpc) is 3.21. The molecule has 5 nitrogen and oxygen atoms in total. The van der Waals surface area contributed by atoms with Gasteiger partial charge >= 0.3 is 0 Å². The summed E-state index contributed by atoms with van der Waals surface area (Å²) in [6, 6.07) is 1.15. The SMILES string of the molecule is CN=C(NC1CC1C1CCCCC1)N1CCC(C)C(n2ccnc2)C1. The molecule has 0 amide bonds. The highest BCUT2D eigenvalue weighted by molar-refractivity contribution is 5.80. The molecule has 4 unspecified atom stereocenters. The molecule has 138 valence electrons. The standard InChI is InChI=1S/C20H33N5/c1-15-8-10-24(13-19(15)25-11-9-22-14-25)20(21-2)23-18-12-17(18)16-6-4-3-5-7-16/h9,11,14-19H,3-8,10,12-13H2,1-2H3,(H,21,23). The lowest BCUT2D eigenvalue weighted by atomic mass is 9.85. The van der Waals surface area contributed by atoms with Crippen LogP contribution in [0.2, 0.25) is 0 Å². The van der Waals surface area contributed by atoms with Crippen LogP contribution in [0, 0.1) is 17.8 Å². The Morgan fingerprint density at radius 2 is 2.04 bits per heavy atom. The van der Waals surface area contributed by atoms with E-state index in [4.69, 9.17) is 0 Å². The van der Waals surface area contributed by atoms with Crippen LogP contribution in [0.15, 0.2) is 23.7 Å². The van der Waals surface area contributed by atoms with Crippen LogP contribution in [0.25, 0.3) is 0 Å². The van der Waals surface area contributed by atoms with Crippen LogP contribution in [0.5, 0.6) is 0 Å². The maximum atomic E-state index is 4.62. The second kappa shape index (κ2) is 7.38. The van der Waals surface area contributed by atoms with Crippen molar-refractivity contribution in [3.8, 4) is 0 Å². The molecule has 3 fully saturated rings. The molecule has 0 bridgehead atoms. The van der Waals surface area contributed by atoms with Crippen molar-refractivity contribution in [1.82, 2.24) is 19.8 Å². The van der Waals surface area contributed by atoms with Crippen LogP contribution in [0.1, 0.15) is 57.9 Å². The van der Waals surface area contributed by atoms with Crippen LogP contribution in [0.3, 0.4) is 0 Å². The zero-order chi connectivity index (χ0) is 17.2. The van der Waals surface area contributed by atoms with Gasteiger partial charge in [0.25, 0.3) is 0 Å². The highest BCUT2D eigenvalue weighted by Crippen LogP contribution is 2.44. The van der Waals surface area contributed by atoms with Gasteiger partial charge in [0.1, 0.15) is 0 Å². The van der Waals surface area contributed by atoms with Crippen molar-refractivity contribution >= 4 is 5.96 Å². The van der Waals surface area contributed by atoms with E-state index >= 15 is 0 Å². The molecule has 0 spiro atoms. The lowest BCUT2D eigenvalue weighted by molar-refractivity contribution is 0.188. The normalized spacial score (nSPS) is 34.2. The minimum absolute atomic E-state index is 0.489. The molecule has 2 aliphatic carbocycles. The van der Waals surface area contributed by atoms with Crippen molar-refractivity contribution < 1.29 is 0 Å². The summed E-state index contributed by atoms with van der Waals surface area (Å²) in [7, 11) is 1.94. The van der Waals surface area contributed by atoms with Gasteiger partial charge in [0.15, 0.2) is 5.96 Å². The van der Waals surface area contributed by atoms with Gasteiger partial charge < -0.3 is 14.8 Å². The molecule has 1 N–H and O–H groups in total. The summed E-state index contributed by atoms with van der Waals surface area (Å²) in [5.74, 6) is 3.65. The van der Waals surface area contributed by atoms with Gasteiger partial charge in [-0.3, -0.25) is 4.99 Å². The number of likely N-dealkylation sites (tertiary alicyclic amines) is 1. The third-order valence-electron chi connectivity index (χ3n) is 6.75. The molecular formula is C20H33N5. The zero-order valence-corrected chi connectivity index (χ0v) is 15.8. The number of rotatable bonds is 3. The fourth-order valence-electron chi connectivity index (χ4n) is 5.02. The van der Waals surface area contributed by atoms with E-state index in [-0.39, 0.29) is 0 Å². The largest absolute Gasteiger partial charge is 0.353 e. The number of piperidine rings is 1. The van der Waals surface area contributed by atoms with Crippen molar-refractivity contribution in [1.29, 1.82) is 0 Å². The molecule has 1 aromatic rings. The van der Waals surface area contributed by atoms with Gasteiger partial charge in [-0.15, -0.1) is 0 Å². The summed E-state index contributed by atoms with van der Waals surface area (Å²) >= 11 is 0. The molecular weight excluding hydrogens is 310 g/mol. The van der Waals surface area contributed by atoms with Gasteiger partial charge in [-0.1, -0.05) is 39.0 Å². The fraction of sp³-hybridized carbons (Fsp3) is 0.800. The number of aromatic nitrogens is 2. The van der Waals surface area contributed by atoms with E-state index in [1.807, 2.05) is 19.6 Å². The first-order valence-corrected chi connectivity index (χ1v) is 10.2. The van der Waals surface area contributed by atoms with E-state index < -0.39 is 0 Å². The summed E-state index contributed by atoms with van der Waals surface area (Å²) in [5.41, 5.74) is 0. The quantitative estimate of drug-likeness (QED) is 0.676. The molecule has 0 radical (unpaired) electrons. The topological polar surface area (TPSA) is 45.5 Å². The van der Waals surface area contributed by atoms with Crippen molar-refractivity contribution in [2.45, 2.75) is 64.0 Å². The molecule has 5 heteroatoms. The average molecular weight is 344 g/mol. The molecule has 0 aromatic carbocycles. The smallest absolute Gasteiger partial charge is 0.193 e. The van der Waals surface area contributed by atoms with E-state index in [1.165, 1.54) is 44.9 Å². The Morgan fingerprint density at radius 3 is 2.76 bits per heavy atom. The third kappa shape index (κ3) is 3.70. The fourth-order valence-corrected chi connectivity index (χ4v) is 5.02. The number of nitrogens with zero attached hydrogens (tertiary/aromatic N) is 4. The zero-order valence-electron chi connectivity index (χ0n) is 15.8. The Hall–Kier alpha value is -1.52. The molecule has 25 heavy (non-hydrogen) atoms. The summed E-state index contributed by atoms with van der Waals surface area (Å²) in [4.78, 5) is 11.3. The predicted octanol–water partition coefficient (Wildman–Crippen LogP) is 3.31. The summed E-state index contributed by atoms with van der Waals surface area (Å²) in [6.45, 7) is 4.49. The van der Waals surface area contributed by atoms with Crippen molar-refractivity contribution in [3.05, 3.63) is 18.7 Å². The first-order valence-electron chi connectivity index (χ1n) is 10.2. The molecule has 2 heterocycles. The predicted molar refractivity (Wildman–Crippen MR) is 102 cm³/mol. The lowest BCUT2D eigenvalue weighted by Crippen LogP contribution is -2.49. The Kier molecular flexibility index (Phi) is 5.00. The number of hydrogen-bond acceptors (Lipinski definition) is 2. The van der Waals surface area contributed by atoms with E-state index in [9.17, 15) is 0 Å². The maximum Gasteiger partial charge on any atom is 0.193 e. The van der Waals surface area contributed by atoms with Gasteiger partial charge in [0.2, 0.25) is 0 Å². The van der Waals surface area contributed by atoms with Crippen LogP contribution < -0.4 is 5.32 Å². The second-order valence-corrected chi connectivity index (χ2v) is 8.38. The molecule has 1 saturated heterocycles. The molecule has 4 rings (SSSR count). The van der Waals surface area contributed by atoms with Gasteiger partial charge in [-0.25, -0.2) is 4.98 Å². The highest BCUT2D eigenvalue weighted by Gasteiger charge is 2.44. The van der Waals surface area contributed by atoms with E-state index in [2.05, 4.69) is 37.9 Å². The molecule has 4 atom stereocenters. The minimum Gasteiger partial charge on any atom is -0.353 e. The van der Waals surface area contributed by atoms with Crippen LogP contribution in [-0.4, -0.2) is 46.6 Å². The number of aliphatic imine (C=N–C) groups is 1. The van der Waals surface area contributed by atoms with E-state index in [1.54, 1.807) is 0 Å². The van der Waals surface area contributed by atoms with Crippen LogP contribution in [-0.2, 0) is 0 Å².